The van der Waals surface area contributed by atoms with Gasteiger partial charge in [0.2, 0.25) is 0 Å². The smallest absolute Gasteiger partial charge is 0.307 e. The number of oxime groups is 1. The van der Waals surface area contributed by atoms with E-state index in [0.29, 0.717) is 5.92 Å². The zero-order valence-corrected chi connectivity index (χ0v) is 11.3. The van der Waals surface area contributed by atoms with Crippen molar-refractivity contribution in [1.82, 2.24) is 0 Å². The first-order chi connectivity index (χ1) is 9.13. The first kappa shape index (κ1) is 13.8. The van der Waals surface area contributed by atoms with E-state index in [1.54, 1.807) is 6.21 Å². The predicted octanol–water partition coefficient (Wildman–Crippen LogP) is 3.01. The average Bonchev–Trinajstić information content (AvgIpc) is 3.08. The van der Waals surface area contributed by atoms with Crippen molar-refractivity contribution in [1.29, 1.82) is 0 Å². The van der Waals surface area contributed by atoms with Crippen LogP contribution < -0.4 is 0 Å². The average molecular weight is 263 g/mol. The quantitative estimate of drug-likeness (QED) is 0.471. The van der Waals surface area contributed by atoms with Crippen LogP contribution in [0.1, 0.15) is 32.1 Å². The van der Waals surface area contributed by atoms with Gasteiger partial charge < -0.3 is 9.94 Å². The maximum absolute atomic E-state index is 11.1. The summed E-state index contributed by atoms with van der Waals surface area (Å²) in [4.78, 5) is 15.8. The Morgan fingerprint density at radius 1 is 1.53 bits per heavy atom. The Morgan fingerprint density at radius 3 is 2.89 bits per heavy atom. The summed E-state index contributed by atoms with van der Waals surface area (Å²) < 4.78 is 0. The monoisotopic (exact) mass is 263 g/mol. The highest BCUT2D eigenvalue weighted by Crippen LogP contribution is 2.63. The molecule has 2 rings (SSSR count). The molecule has 0 heterocycles. The van der Waals surface area contributed by atoms with E-state index in [9.17, 15) is 4.79 Å². The highest BCUT2D eigenvalue weighted by molar-refractivity contribution is 5.75. The molecule has 0 radical (unpaired) electrons. The zero-order valence-electron chi connectivity index (χ0n) is 11.3. The highest BCUT2D eigenvalue weighted by atomic mass is 16.6. The van der Waals surface area contributed by atoms with Crippen molar-refractivity contribution in [3.05, 3.63) is 24.3 Å². The Kier molecular flexibility index (Phi) is 4.08. The Hall–Kier alpha value is -1.58. The molecule has 4 heteroatoms. The molecule has 1 N–H and O–H groups in total. The van der Waals surface area contributed by atoms with E-state index in [1.807, 2.05) is 12.2 Å². The van der Waals surface area contributed by atoms with Gasteiger partial charge >= 0.3 is 5.97 Å². The van der Waals surface area contributed by atoms with Gasteiger partial charge in [-0.05, 0) is 48.7 Å². The lowest BCUT2D eigenvalue weighted by Gasteiger charge is -2.30. The van der Waals surface area contributed by atoms with Crippen LogP contribution in [0, 0.1) is 17.3 Å². The van der Waals surface area contributed by atoms with E-state index in [1.165, 1.54) is 7.11 Å². The number of carbonyl (C=O) groups is 1. The summed E-state index contributed by atoms with van der Waals surface area (Å²) in [6.07, 6.45) is 10.4. The Morgan fingerprint density at radius 2 is 2.32 bits per heavy atom. The molecule has 0 aromatic heterocycles. The second-order valence-electron chi connectivity index (χ2n) is 5.56. The molecule has 2 saturated carbocycles. The lowest BCUT2D eigenvalue weighted by atomic mass is 9.74. The number of hydrogen-bond acceptors (Lipinski definition) is 3. The first-order valence-electron chi connectivity index (χ1n) is 6.75. The van der Waals surface area contributed by atoms with Gasteiger partial charge in [-0.3, -0.25) is 4.79 Å². The van der Waals surface area contributed by atoms with Gasteiger partial charge in [0.25, 0.3) is 0 Å². The fourth-order valence-electron chi connectivity index (χ4n) is 3.43. The molecule has 0 amide bonds. The van der Waals surface area contributed by atoms with Gasteiger partial charge in [0, 0.05) is 0 Å². The van der Waals surface area contributed by atoms with Crippen molar-refractivity contribution in [2.45, 2.75) is 32.1 Å². The van der Waals surface area contributed by atoms with E-state index < -0.39 is 5.97 Å². The van der Waals surface area contributed by atoms with Crippen LogP contribution in [-0.4, -0.2) is 24.4 Å². The number of rotatable bonds is 5. The molecule has 104 valence electrons. The number of aliphatic carboxylic acids is 1. The second kappa shape index (κ2) is 5.59. The maximum atomic E-state index is 11.1. The third-order valence-corrected chi connectivity index (χ3v) is 4.51. The highest BCUT2D eigenvalue weighted by Gasteiger charge is 2.59. The van der Waals surface area contributed by atoms with Crippen molar-refractivity contribution >= 4 is 12.2 Å². The van der Waals surface area contributed by atoms with E-state index >= 15 is 0 Å². The normalized spacial score (nSPS) is 34.5. The van der Waals surface area contributed by atoms with Crippen molar-refractivity contribution in [3.63, 3.8) is 0 Å². The van der Waals surface area contributed by atoms with Gasteiger partial charge in [0.05, 0.1) is 12.1 Å². The van der Waals surface area contributed by atoms with E-state index in [-0.39, 0.29) is 11.3 Å². The van der Waals surface area contributed by atoms with Gasteiger partial charge in [0.1, 0.15) is 7.11 Å². The number of nitrogens with zero attached hydrogens (tertiary/aromatic N) is 1. The summed E-state index contributed by atoms with van der Waals surface area (Å²) in [7, 11) is 1.51. The molecule has 0 aromatic rings. The van der Waals surface area contributed by atoms with E-state index in [2.05, 4.69) is 16.6 Å². The minimum atomic E-state index is -0.634. The molecule has 0 bridgehead atoms. The van der Waals surface area contributed by atoms with E-state index in [4.69, 9.17) is 5.11 Å². The maximum Gasteiger partial charge on any atom is 0.307 e. The van der Waals surface area contributed by atoms with Crippen LogP contribution in [0.3, 0.4) is 0 Å². The van der Waals surface area contributed by atoms with Crippen molar-refractivity contribution in [2.75, 3.05) is 7.11 Å². The minimum absolute atomic E-state index is 0.0508. The zero-order chi connectivity index (χ0) is 13.9. The molecule has 0 aromatic carbocycles. The molecule has 1 spiro atoms. The summed E-state index contributed by atoms with van der Waals surface area (Å²) in [5.74, 6) is -0.362. The Labute approximate surface area is 113 Å². The summed E-state index contributed by atoms with van der Waals surface area (Å²) >= 11 is 0. The molecule has 3 atom stereocenters. The fourth-order valence-corrected chi connectivity index (χ4v) is 3.43. The van der Waals surface area contributed by atoms with Crippen molar-refractivity contribution in [2.24, 2.45) is 22.4 Å². The summed E-state index contributed by atoms with van der Waals surface area (Å²) in [5.41, 5.74) is 1.19. The molecule has 4 nitrogen and oxygen atoms in total. The Balaban J connectivity index is 2.05. The minimum Gasteiger partial charge on any atom is -0.481 e. The van der Waals surface area contributed by atoms with Crippen molar-refractivity contribution < 1.29 is 14.7 Å². The molecule has 3 unspecified atom stereocenters. The van der Waals surface area contributed by atoms with Gasteiger partial charge in [0.15, 0.2) is 0 Å². The summed E-state index contributed by atoms with van der Waals surface area (Å²) in [5, 5.41) is 12.9. The number of hydrogen-bond donors (Lipinski definition) is 1. The van der Waals surface area contributed by atoms with Gasteiger partial charge in [-0.15, -0.1) is 0 Å². The van der Waals surface area contributed by atoms with Crippen LogP contribution in [0.5, 0.6) is 0 Å². The lowest BCUT2D eigenvalue weighted by molar-refractivity contribution is -0.139. The van der Waals surface area contributed by atoms with Crippen LogP contribution in [0.25, 0.3) is 0 Å². The molecule has 0 aliphatic heterocycles. The summed E-state index contributed by atoms with van der Waals surface area (Å²) in [6, 6.07) is 0. The molecular weight excluding hydrogens is 242 g/mol. The van der Waals surface area contributed by atoms with E-state index in [0.717, 1.165) is 37.7 Å². The largest absolute Gasteiger partial charge is 0.481 e. The molecule has 0 saturated heterocycles. The SMILES string of the molecule is C=C/C(=C\C=N\OC)C1CCCC2(C1)CC2C(=O)O. The van der Waals surface area contributed by atoms with Gasteiger partial charge in [-0.1, -0.05) is 24.2 Å². The number of allylic oxidation sites excluding steroid dienone is 3. The summed E-state index contributed by atoms with van der Waals surface area (Å²) in [6.45, 7) is 3.85. The third-order valence-electron chi connectivity index (χ3n) is 4.51. The topological polar surface area (TPSA) is 58.9 Å². The second-order valence-corrected chi connectivity index (χ2v) is 5.56. The first-order valence-corrected chi connectivity index (χ1v) is 6.75. The Bertz CT molecular complexity index is 427. The lowest BCUT2D eigenvalue weighted by Crippen LogP contribution is -2.21. The van der Waals surface area contributed by atoms with Crippen LogP contribution in [0.4, 0.5) is 0 Å². The van der Waals surface area contributed by atoms with Gasteiger partial charge in [-0.2, -0.15) is 0 Å². The number of carboxylic acid groups (broad SMARTS) is 1. The van der Waals surface area contributed by atoms with Crippen LogP contribution in [0.15, 0.2) is 29.5 Å². The van der Waals surface area contributed by atoms with Crippen LogP contribution >= 0.6 is 0 Å². The molecule has 19 heavy (non-hydrogen) atoms. The third kappa shape index (κ3) is 2.88. The fraction of sp³-hybridized carbons (Fsp3) is 0.600. The predicted molar refractivity (Wildman–Crippen MR) is 73.9 cm³/mol. The molecule has 2 aliphatic carbocycles. The molecule has 2 fully saturated rings. The van der Waals surface area contributed by atoms with Gasteiger partial charge in [-0.25, -0.2) is 0 Å². The standard InChI is InChI=1S/C15H21NO3/c1-3-11(6-8-16-19-2)12-5-4-7-15(9-12)10-13(15)14(17)18/h3,6,8,12-13H,1,4-5,7,9-10H2,2H3,(H,17,18)/b11-6+,16-8+. The van der Waals surface area contributed by atoms with Crippen LogP contribution in [0.2, 0.25) is 0 Å². The number of carboxylic acids is 1. The van der Waals surface area contributed by atoms with Crippen molar-refractivity contribution in [3.8, 4) is 0 Å². The van der Waals surface area contributed by atoms with Crippen LogP contribution in [-0.2, 0) is 9.63 Å². The molecule has 2 aliphatic rings. The molecular formula is C15H21NO3.